The zero-order chi connectivity index (χ0) is 15.5. The van der Waals surface area contributed by atoms with Crippen molar-refractivity contribution < 1.29 is 0 Å². The average molecular weight is 301 g/mol. The fourth-order valence-corrected chi connectivity index (χ4v) is 2.76. The fourth-order valence-electron chi connectivity index (χ4n) is 2.76. The first kappa shape index (κ1) is 14.8. The molecule has 2 aliphatic rings. The zero-order valence-corrected chi connectivity index (χ0v) is 13.2. The minimum atomic E-state index is 0.0864. The Labute approximate surface area is 130 Å². The van der Waals surface area contributed by atoms with Crippen LogP contribution in [0.4, 0.5) is 0 Å². The molecule has 2 fully saturated rings. The van der Waals surface area contributed by atoms with Crippen molar-refractivity contribution in [2.24, 2.45) is 18.0 Å². The molecule has 1 heterocycles. The Morgan fingerprint density at radius 2 is 2.14 bits per heavy atom. The van der Waals surface area contributed by atoms with Crippen LogP contribution in [0, 0.1) is 24.2 Å². The summed E-state index contributed by atoms with van der Waals surface area (Å²) < 4.78 is 1.95. The molecule has 2 saturated carbocycles. The highest BCUT2D eigenvalue weighted by Gasteiger charge is 2.29. The maximum Gasteiger partial charge on any atom is 0.192 e. The predicted octanol–water partition coefficient (Wildman–Crippen LogP) is 1.01. The fraction of sp³-hybridized carbons (Fsp3) is 0.733. The van der Waals surface area contributed by atoms with Gasteiger partial charge < -0.3 is 15.2 Å². The molecule has 2 N–H and O–H groups in total. The molecule has 1 aromatic heterocycles. The monoisotopic (exact) mass is 301 g/mol. The molecule has 22 heavy (non-hydrogen) atoms. The smallest absolute Gasteiger partial charge is 0.192 e. The molecule has 0 radical (unpaired) electrons. The van der Waals surface area contributed by atoms with E-state index in [9.17, 15) is 5.26 Å². The Bertz CT molecular complexity index is 594. The number of aliphatic imine (C=N–C) groups is 1. The zero-order valence-electron chi connectivity index (χ0n) is 13.2. The number of nitriles is 1. The molecule has 7 heteroatoms. The van der Waals surface area contributed by atoms with Gasteiger partial charge in [-0.1, -0.05) is 0 Å². The van der Waals surface area contributed by atoms with Crippen molar-refractivity contribution in [2.75, 3.05) is 0 Å². The lowest BCUT2D eigenvalue weighted by Gasteiger charge is -2.19. The van der Waals surface area contributed by atoms with E-state index in [4.69, 9.17) is 0 Å². The number of aryl methyl sites for hydroxylation is 1. The van der Waals surface area contributed by atoms with Crippen molar-refractivity contribution in [1.29, 1.82) is 5.26 Å². The van der Waals surface area contributed by atoms with Crippen molar-refractivity contribution in [3.05, 3.63) is 11.6 Å². The van der Waals surface area contributed by atoms with Gasteiger partial charge in [0.2, 0.25) is 0 Å². The second kappa shape index (κ2) is 6.34. The van der Waals surface area contributed by atoms with Crippen LogP contribution >= 0.6 is 0 Å². The molecule has 0 spiro atoms. The molecule has 3 rings (SSSR count). The van der Waals surface area contributed by atoms with Gasteiger partial charge in [-0.05, 0) is 39.0 Å². The first-order valence-corrected chi connectivity index (χ1v) is 7.99. The maximum absolute atomic E-state index is 9.22. The van der Waals surface area contributed by atoms with Crippen molar-refractivity contribution in [1.82, 2.24) is 25.4 Å². The molecular weight excluding hydrogens is 278 g/mol. The van der Waals surface area contributed by atoms with Crippen LogP contribution in [-0.4, -0.2) is 32.8 Å². The molecule has 0 saturated heterocycles. The quantitative estimate of drug-likeness (QED) is 0.640. The molecule has 118 valence electrons. The van der Waals surface area contributed by atoms with E-state index in [-0.39, 0.29) is 12.0 Å². The molecule has 2 atom stereocenters. The number of hydrogen-bond donors (Lipinski definition) is 2. The highest BCUT2D eigenvalue weighted by atomic mass is 15.3. The highest BCUT2D eigenvalue weighted by Crippen LogP contribution is 2.25. The summed E-state index contributed by atoms with van der Waals surface area (Å²) in [6.07, 6.45) is 5.50. The van der Waals surface area contributed by atoms with Crippen LogP contribution in [0.5, 0.6) is 0 Å². The molecule has 2 aliphatic carbocycles. The molecule has 1 aromatic rings. The van der Waals surface area contributed by atoms with E-state index < -0.39 is 0 Å². The van der Waals surface area contributed by atoms with Crippen LogP contribution in [0.1, 0.15) is 43.8 Å². The summed E-state index contributed by atoms with van der Waals surface area (Å²) in [5.74, 6) is 2.62. The van der Waals surface area contributed by atoms with Crippen molar-refractivity contribution >= 4 is 5.96 Å². The van der Waals surface area contributed by atoms with Crippen molar-refractivity contribution in [2.45, 2.75) is 57.7 Å². The SMILES string of the molecule is Cc1nnc(CN=C(NC2CC2)NC2CCCC2C#N)n1C. The van der Waals surface area contributed by atoms with E-state index in [1.54, 1.807) is 0 Å². The van der Waals surface area contributed by atoms with Gasteiger partial charge in [0.15, 0.2) is 11.8 Å². The Hall–Kier alpha value is -2.10. The number of nitrogens with one attached hydrogen (secondary N) is 2. The van der Waals surface area contributed by atoms with Gasteiger partial charge in [-0.25, -0.2) is 4.99 Å². The minimum Gasteiger partial charge on any atom is -0.354 e. The Balaban J connectivity index is 1.67. The summed E-state index contributed by atoms with van der Waals surface area (Å²) in [7, 11) is 1.95. The Morgan fingerprint density at radius 1 is 1.32 bits per heavy atom. The largest absolute Gasteiger partial charge is 0.354 e. The molecular formula is C15H23N7. The lowest BCUT2D eigenvalue weighted by atomic mass is 10.1. The normalized spacial score (nSPS) is 25.0. The van der Waals surface area contributed by atoms with E-state index in [0.29, 0.717) is 12.6 Å². The Kier molecular flexibility index (Phi) is 4.27. The molecule has 0 aliphatic heterocycles. The lowest BCUT2D eigenvalue weighted by molar-refractivity contribution is 0.531. The van der Waals surface area contributed by atoms with E-state index >= 15 is 0 Å². The summed E-state index contributed by atoms with van der Waals surface area (Å²) in [6, 6.07) is 3.13. The number of rotatable bonds is 4. The van der Waals surface area contributed by atoms with E-state index in [2.05, 4.69) is 31.9 Å². The van der Waals surface area contributed by atoms with Gasteiger partial charge in [0.25, 0.3) is 0 Å². The summed E-state index contributed by atoms with van der Waals surface area (Å²) in [5.41, 5.74) is 0. The van der Waals surface area contributed by atoms with Gasteiger partial charge in [-0.15, -0.1) is 10.2 Å². The third-order valence-corrected chi connectivity index (χ3v) is 4.48. The average Bonchev–Trinajstić information content (AvgIpc) is 3.12. The predicted molar refractivity (Wildman–Crippen MR) is 82.9 cm³/mol. The number of aromatic nitrogens is 3. The summed E-state index contributed by atoms with van der Waals surface area (Å²) in [4.78, 5) is 4.64. The van der Waals surface area contributed by atoms with Gasteiger partial charge in [0.05, 0.1) is 12.0 Å². The first-order valence-electron chi connectivity index (χ1n) is 7.99. The third-order valence-electron chi connectivity index (χ3n) is 4.48. The summed E-state index contributed by atoms with van der Waals surface area (Å²) in [6.45, 7) is 2.42. The van der Waals surface area contributed by atoms with E-state index in [1.807, 2.05) is 18.5 Å². The van der Waals surface area contributed by atoms with Gasteiger partial charge in [0, 0.05) is 19.1 Å². The highest BCUT2D eigenvalue weighted by molar-refractivity contribution is 5.80. The van der Waals surface area contributed by atoms with Crippen LogP contribution < -0.4 is 10.6 Å². The Morgan fingerprint density at radius 3 is 2.77 bits per heavy atom. The van der Waals surface area contributed by atoms with Crippen LogP contribution in [-0.2, 0) is 13.6 Å². The number of hydrogen-bond acceptors (Lipinski definition) is 4. The molecule has 0 aromatic carbocycles. The number of nitrogens with zero attached hydrogens (tertiary/aromatic N) is 5. The number of guanidine groups is 1. The second-order valence-corrected chi connectivity index (χ2v) is 6.22. The van der Waals surface area contributed by atoms with Gasteiger partial charge in [0.1, 0.15) is 12.4 Å². The van der Waals surface area contributed by atoms with Gasteiger partial charge in [-0.3, -0.25) is 0 Å². The van der Waals surface area contributed by atoms with E-state index in [1.165, 1.54) is 12.8 Å². The third kappa shape index (κ3) is 3.38. The summed E-state index contributed by atoms with van der Waals surface area (Å²) >= 11 is 0. The van der Waals surface area contributed by atoms with Crippen LogP contribution in [0.2, 0.25) is 0 Å². The van der Waals surface area contributed by atoms with Crippen LogP contribution in [0.15, 0.2) is 4.99 Å². The topological polar surface area (TPSA) is 90.9 Å². The van der Waals surface area contributed by atoms with Crippen LogP contribution in [0.25, 0.3) is 0 Å². The van der Waals surface area contributed by atoms with Crippen LogP contribution in [0.3, 0.4) is 0 Å². The molecule has 0 bridgehead atoms. The van der Waals surface area contributed by atoms with E-state index in [0.717, 1.165) is 36.9 Å². The molecule has 7 nitrogen and oxygen atoms in total. The van der Waals surface area contributed by atoms with Crippen molar-refractivity contribution in [3.63, 3.8) is 0 Å². The maximum atomic E-state index is 9.22. The second-order valence-electron chi connectivity index (χ2n) is 6.22. The summed E-state index contributed by atoms with van der Waals surface area (Å²) in [5, 5.41) is 24.3. The standard InChI is InChI=1S/C15H23N7/c1-10-20-21-14(22(10)2)9-17-15(18-12-6-7-12)19-13-5-3-4-11(13)8-16/h11-13H,3-7,9H2,1-2H3,(H2,17,18,19). The minimum absolute atomic E-state index is 0.0864. The van der Waals surface area contributed by atoms with Gasteiger partial charge >= 0.3 is 0 Å². The first-order chi connectivity index (χ1) is 10.7. The molecule has 2 unspecified atom stereocenters. The molecule has 0 amide bonds. The van der Waals surface area contributed by atoms with Crippen molar-refractivity contribution in [3.8, 4) is 6.07 Å². The lowest BCUT2D eigenvalue weighted by Crippen LogP contribution is -2.45. The van der Waals surface area contributed by atoms with Gasteiger partial charge in [-0.2, -0.15) is 5.26 Å².